The van der Waals surface area contributed by atoms with E-state index in [0.717, 1.165) is 6.42 Å². The maximum atomic E-state index is 4.53. The molecule has 0 aromatic carbocycles. The van der Waals surface area contributed by atoms with Crippen LogP contribution in [0, 0.1) is 10.7 Å². The molecule has 0 bridgehead atoms. The molecule has 1 heteroatoms. The summed E-state index contributed by atoms with van der Waals surface area (Å²) in [4.78, 5) is 2.42. The van der Waals surface area contributed by atoms with Crippen LogP contribution >= 0.6 is 0 Å². The van der Waals surface area contributed by atoms with E-state index in [4.69, 9.17) is 0 Å². The zero-order valence-electron chi connectivity index (χ0n) is 4.42. The molecule has 0 spiro atoms. The fourth-order valence-electron chi connectivity index (χ4n) is 0.303. The second kappa shape index (κ2) is 6.08. The van der Waals surface area contributed by atoms with Gasteiger partial charge in [0.1, 0.15) is 0 Å². The van der Waals surface area contributed by atoms with E-state index in [0.29, 0.717) is 0 Å². The Labute approximate surface area is 53.5 Å². The van der Waals surface area contributed by atoms with Crippen LogP contribution in [-0.4, -0.2) is 0 Å². The van der Waals surface area contributed by atoms with Crippen LogP contribution < -0.4 is 0 Å². The molecule has 0 unspecified atom stereocenters. The summed E-state index contributed by atoms with van der Waals surface area (Å²) in [5, 5.41) is 0. The third kappa shape index (κ3) is 6.08. The van der Waals surface area contributed by atoms with Gasteiger partial charge in [0.05, 0.1) is 0 Å². The van der Waals surface area contributed by atoms with Crippen LogP contribution in [0.1, 0.15) is 26.2 Å². The van der Waals surface area contributed by atoms with E-state index in [-0.39, 0.29) is 0 Å². The molecule has 0 saturated heterocycles. The first-order chi connectivity index (χ1) is 3.41. The van der Waals surface area contributed by atoms with Gasteiger partial charge in [-0.1, -0.05) is 0 Å². The average molecular weight is 145 g/mol. The first kappa shape index (κ1) is 7.08. The van der Waals surface area contributed by atoms with Gasteiger partial charge in [0.15, 0.2) is 0 Å². The zero-order valence-corrected chi connectivity index (χ0v) is 5.36. The Balaban J connectivity index is 2.78. The molecule has 0 aliphatic heterocycles. The Morgan fingerprint density at radius 1 is 1.57 bits per heavy atom. The Morgan fingerprint density at radius 2 is 2.29 bits per heavy atom. The molecule has 0 aliphatic rings. The molecule has 0 aromatic rings. The van der Waals surface area contributed by atoms with Gasteiger partial charge >= 0.3 is 52.9 Å². The van der Waals surface area contributed by atoms with Crippen molar-refractivity contribution in [2.24, 2.45) is 0 Å². The van der Waals surface area contributed by atoms with Crippen molar-refractivity contribution in [3.63, 3.8) is 0 Å². The van der Waals surface area contributed by atoms with Crippen molar-refractivity contribution in [3.8, 4) is 10.7 Å². The van der Waals surface area contributed by atoms with E-state index in [2.05, 4.69) is 33.7 Å². The Kier molecular flexibility index (Phi) is 6.15. The normalized spacial score (nSPS) is 7.29. The van der Waals surface area contributed by atoms with E-state index in [9.17, 15) is 0 Å². The summed E-state index contributed by atoms with van der Waals surface area (Å²) >= 11 is 4.53. The number of unbranched alkanes of at least 4 members (excludes halogenated alkanes) is 2. The van der Waals surface area contributed by atoms with Crippen LogP contribution in [0.4, 0.5) is 0 Å². The van der Waals surface area contributed by atoms with Crippen molar-refractivity contribution in [2.75, 3.05) is 0 Å². The molecule has 0 atom stereocenters. The third-order valence-corrected chi connectivity index (χ3v) is 0.875. The summed E-state index contributed by atoms with van der Waals surface area (Å²) in [5.74, 6) is 2.80. The summed E-state index contributed by atoms with van der Waals surface area (Å²) in [6.45, 7) is 2.14. The van der Waals surface area contributed by atoms with Gasteiger partial charge in [-0.25, -0.2) is 0 Å². The molecule has 7 heavy (non-hydrogen) atoms. The summed E-state index contributed by atoms with van der Waals surface area (Å²) in [6, 6.07) is 0. The fraction of sp³-hybridized carbons (Fsp3) is 0.667. The third-order valence-electron chi connectivity index (χ3n) is 0.709. The molecule has 0 radical (unpaired) electrons. The number of hydrogen-bond donors (Lipinski definition) is 0. The van der Waals surface area contributed by atoms with Crippen LogP contribution in [0.25, 0.3) is 0 Å². The van der Waals surface area contributed by atoms with E-state index < -0.39 is 0 Å². The minimum atomic E-state index is 0.967. The topological polar surface area (TPSA) is 0 Å². The molecule has 0 aromatic heterocycles. The monoisotopic (exact) mass is 144 g/mol. The van der Waals surface area contributed by atoms with Crippen molar-refractivity contribution in [1.82, 2.24) is 0 Å². The fourth-order valence-corrected chi connectivity index (χ4v) is 0.421. The van der Waals surface area contributed by atoms with Crippen LogP contribution in [0.2, 0.25) is 0 Å². The Hall–Kier alpha value is 0.0795. The molecule has 44 valence electrons. The first-order valence-corrected chi connectivity index (χ1v) is 2.93. The molecular formula is C6H9Cu. The molecule has 0 fully saturated rings. The van der Waals surface area contributed by atoms with Gasteiger partial charge in [0.25, 0.3) is 0 Å². The molecule has 0 heterocycles. The van der Waals surface area contributed by atoms with E-state index in [1.165, 1.54) is 12.8 Å². The number of hydrogen-bond acceptors (Lipinski definition) is 0. The summed E-state index contributed by atoms with van der Waals surface area (Å²) in [5.41, 5.74) is 0. The molecule has 0 amide bonds. The van der Waals surface area contributed by atoms with Gasteiger partial charge in [0.2, 0.25) is 0 Å². The van der Waals surface area contributed by atoms with Gasteiger partial charge in [-0.3, -0.25) is 0 Å². The number of rotatable bonds is 2. The van der Waals surface area contributed by atoms with Crippen molar-refractivity contribution < 1.29 is 16.0 Å². The SMILES string of the molecule is CCCCC#[C][Cu]. The quantitative estimate of drug-likeness (QED) is 0.314. The van der Waals surface area contributed by atoms with Gasteiger partial charge in [-0.2, -0.15) is 0 Å². The maximum absolute atomic E-state index is 4.53. The van der Waals surface area contributed by atoms with Crippen molar-refractivity contribution in [1.29, 1.82) is 0 Å². The van der Waals surface area contributed by atoms with Gasteiger partial charge in [0, 0.05) is 0 Å². The van der Waals surface area contributed by atoms with E-state index in [1.807, 2.05) is 0 Å². The Morgan fingerprint density at radius 3 is 2.71 bits per heavy atom. The van der Waals surface area contributed by atoms with Gasteiger partial charge < -0.3 is 0 Å². The van der Waals surface area contributed by atoms with Crippen LogP contribution in [0.15, 0.2) is 0 Å². The van der Waals surface area contributed by atoms with E-state index >= 15 is 0 Å². The molecule has 0 nitrogen and oxygen atoms in total. The predicted molar refractivity (Wildman–Crippen MR) is 27.3 cm³/mol. The van der Waals surface area contributed by atoms with E-state index in [1.54, 1.807) is 0 Å². The predicted octanol–water partition coefficient (Wildman–Crippen LogP) is 1.68. The second-order valence-electron chi connectivity index (χ2n) is 1.36. The second-order valence-corrected chi connectivity index (χ2v) is 1.59. The van der Waals surface area contributed by atoms with Crippen LogP contribution in [0.3, 0.4) is 0 Å². The molecule has 0 N–H and O–H groups in total. The van der Waals surface area contributed by atoms with Gasteiger partial charge in [-0.15, -0.1) is 0 Å². The summed E-state index contributed by atoms with van der Waals surface area (Å²) in [7, 11) is 0. The van der Waals surface area contributed by atoms with Crippen molar-refractivity contribution in [2.45, 2.75) is 26.2 Å². The van der Waals surface area contributed by atoms with Crippen LogP contribution in [-0.2, 0) is 16.0 Å². The Bertz CT molecular complexity index is 75.9. The molecular weight excluding hydrogens is 136 g/mol. The minimum absolute atomic E-state index is 0.967. The molecule has 0 rings (SSSR count). The summed E-state index contributed by atoms with van der Waals surface area (Å²) in [6.07, 6.45) is 3.36. The molecule has 0 saturated carbocycles. The summed E-state index contributed by atoms with van der Waals surface area (Å²) < 4.78 is 0. The zero-order chi connectivity index (χ0) is 5.54. The molecule has 0 aliphatic carbocycles. The van der Waals surface area contributed by atoms with Crippen molar-refractivity contribution in [3.05, 3.63) is 0 Å². The van der Waals surface area contributed by atoms with Crippen LogP contribution in [0.5, 0.6) is 0 Å². The van der Waals surface area contributed by atoms with Crippen molar-refractivity contribution >= 4 is 0 Å². The standard InChI is InChI=1S/C6H9.Cu/c1-3-5-6-4-2;/h3,5-6H2,1H3;. The average Bonchev–Trinajstić information content (AvgIpc) is 1.69. The van der Waals surface area contributed by atoms with Gasteiger partial charge in [-0.05, 0) is 0 Å². The first-order valence-electron chi connectivity index (χ1n) is 2.46.